The van der Waals surface area contributed by atoms with Gasteiger partial charge >= 0.3 is 5.97 Å². The normalized spacial score (nSPS) is 18.6. The van der Waals surface area contributed by atoms with Crippen molar-refractivity contribution in [2.24, 2.45) is 5.92 Å². The second kappa shape index (κ2) is 9.49. The monoisotopic (exact) mass is 396 g/mol. The first-order valence-electron chi connectivity index (χ1n) is 9.67. The smallest absolute Gasteiger partial charge is 0.309 e. The molecule has 0 spiro atoms. The van der Waals surface area contributed by atoms with E-state index in [1.54, 1.807) is 55.5 Å². The van der Waals surface area contributed by atoms with E-state index in [2.05, 4.69) is 12.1 Å². The zero-order valence-electron chi connectivity index (χ0n) is 16.6. The first-order valence-corrected chi connectivity index (χ1v) is 9.67. The van der Waals surface area contributed by atoms with Crippen molar-refractivity contribution in [2.45, 2.75) is 19.8 Å². The summed E-state index contributed by atoms with van der Waals surface area (Å²) in [7, 11) is 0. The van der Waals surface area contributed by atoms with Gasteiger partial charge < -0.3 is 4.74 Å². The van der Waals surface area contributed by atoms with Crippen molar-refractivity contribution < 1.29 is 14.3 Å². The third kappa shape index (κ3) is 4.90. The lowest BCUT2D eigenvalue weighted by atomic mass is 9.79. The fourth-order valence-electron chi connectivity index (χ4n) is 3.47. The molecule has 1 fully saturated rings. The van der Waals surface area contributed by atoms with Gasteiger partial charge in [0.1, 0.15) is 0 Å². The van der Waals surface area contributed by atoms with Gasteiger partial charge in [0.15, 0.2) is 5.78 Å². The van der Waals surface area contributed by atoms with Gasteiger partial charge in [0.25, 0.3) is 0 Å². The van der Waals surface area contributed by atoms with Crippen LogP contribution in [0.5, 0.6) is 0 Å². The summed E-state index contributed by atoms with van der Waals surface area (Å²) in [6, 6.07) is 18.1. The molecule has 0 heterocycles. The summed E-state index contributed by atoms with van der Waals surface area (Å²) in [6.45, 7) is 2.02. The number of rotatable bonds is 4. The largest absolute Gasteiger partial charge is 0.466 e. The minimum Gasteiger partial charge on any atom is -0.466 e. The first-order chi connectivity index (χ1) is 14.5. The molecule has 1 saturated carbocycles. The number of allylic oxidation sites excluding steroid dienone is 2. The molecule has 0 saturated heterocycles. The van der Waals surface area contributed by atoms with E-state index in [0.717, 1.165) is 11.1 Å². The number of ketones is 1. The van der Waals surface area contributed by atoms with Gasteiger partial charge in [0.05, 0.1) is 35.8 Å². The number of carbonyl (C=O) groups excluding carboxylic acids is 2. The van der Waals surface area contributed by atoms with Crippen LogP contribution in [0.4, 0.5) is 0 Å². The van der Waals surface area contributed by atoms with Crippen molar-refractivity contribution >= 4 is 23.9 Å². The average Bonchev–Trinajstić information content (AvgIpc) is 2.76. The summed E-state index contributed by atoms with van der Waals surface area (Å²) in [6.07, 6.45) is 4.02. The van der Waals surface area contributed by atoms with E-state index in [9.17, 15) is 9.59 Å². The number of benzene rings is 2. The maximum atomic E-state index is 13.2. The minimum absolute atomic E-state index is 0.139. The van der Waals surface area contributed by atoms with Gasteiger partial charge in [-0.15, -0.1) is 0 Å². The highest BCUT2D eigenvalue weighted by Crippen LogP contribution is 2.33. The second-order valence-corrected chi connectivity index (χ2v) is 7.00. The summed E-state index contributed by atoms with van der Waals surface area (Å²) in [5.74, 6) is -0.933. The Labute approximate surface area is 175 Å². The topological polar surface area (TPSA) is 90.9 Å². The molecule has 0 radical (unpaired) electrons. The van der Waals surface area contributed by atoms with Crippen LogP contribution in [0.2, 0.25) is 0 Å². The molecule has 2 aromatic rings. The van der Waals surface area contributed by atoms with E-state index in [1.807, 2.05) is 12.1 Å². The van der Waals surface area contributed by atoms with E-state index >= 15 is 0 Å². The number of carbonyl (C=O) groups is 2. The van der Waals surface area contributed by atoms with Gasteiger partial charge in [-0.1, -0.05) is 24.3 Å². The molecule has 1 atom stereocenters. The Morgan fingerprint density at radius 1 is 1.00 bits per heavy atom. The van der Waals surface area contributed by atoms with Gasteiger partial charge in [-0.05, 0) is 67.3 Å². The predicted molar refractivity (Wildman–Crippen MR) is 113 cm³/mol. The van der Waals surface area contributed by atoms with Crippen molar-refractivity contribution in [3.05, 3.63) is 81.9 Å². The maximum absolute atomic E-state index is 13.2. The SMILES string of the molecule is CCOC(=O)C1C/C(=C/c2cccc(C#N)c2)C(=O)/C(=C/c2cccc(C#N)c2)C1. The number of hydrogen-bond donors (Lipinski definition) is 0. The van der Waals surface area contributed by atoms with E-state index < -0.39 is 5.92 Å². The molecule has 5 heteroatoms. The number of ether oxygens (including phenoxy) is 1. The molecule has 30 heavy (non-hydrogen) atoms. The molecule has 0 N–H and O–H groups in total. The van der Waals surface area contributed by atoms with Gasteiger partial charge in [-0.25, -0.2) is 0 Å². The average molecular weight is 396 g/mol. The van der Waals surface area contributed by atoms with E-state index in [0.29, 0.717) is 22.3 Å². The summed E-state index contributed by atoms with van der Waals surface area (Å²) in [5.41, 5.74) is 3.45. The van der Waals surface area contributed by atoms with Crippen LogP contribution in [-0.4, -0.2) is 18.4 Å². The molecule has 3 rings (SSSR count). The highest BCUT2D eigenvalue weighted by Gasteiger charge is 2.32. The van der Waals surface area contributed by atoms with Crippen LogP contribution in [0.15, 0.2) is 59.7 Å². The van der Waals surface area contributed by atoms with E-state index in [-0.39, 0.29) is 31.2 Å². The minimum atomic E-state index is -0.460. The summed E-state index contributed by atoms with van der Waals surface area (Å²) in [5, 5.41) is 18.2. The number of nitrogens with zero attached hydrogens (tertiary/aromatic N) is 2. The van der Waals surface area contributed by atoms with E-state index in [1.165, 1.54) is 0 Å². The van der Waals surface area contributed by atoms with E-state index in [4.69, 9.17) is 15.3 Å². The molecule has 148 valence electrons. The Morgan fingerprint density at radius 3 is 1.93 bits per heavy atom. The van der Waals surface area contributed by atoms with Crippen LogP contribution in [0.1, 0.15) is 42.0 Å². The predicted octanol–water partition coefficient (Wildman–Crippen LogP) is 4.44. The first kappa shape index (κ1) is 20.8. The highest BCUT2D eigenvalue weighted by molar-refractivity contribution is 6.14. The summed E-state index contributed by atoms with van der Waals surface area (Å²) < 4.78 is 5.20. The Hall–Kier alpha value is -3.96. The highest BCUT2D eigenvalue weighted by atomic mass is 16.5. The number of Topliss-reactive ketones (excluding diaryl/α,β-unsaturated/α-hetero) is 1. The molecular formula is C25H20N2O3. The quantitative estimate of drug-likeness (QED) is 0.563. The fourth-order valence-corrected chi connectivity index (χ4v) is 3.47. The third-order valence-electron chi connectivity index (χ3n) is 4.85. The van der Waals surface area contributed by atoms with Crippen LogP contribution >= 0.6 is 0 Å². The van der Waals surface area contributed by atoms with Gasteiger partial charge in [-0.2, -0.15) is 10.5 Å². The Bertz CT molecular complexity index is 1050. The van der Waals surface area contributed by atoms with Gasteiger partial charge in [-0.3, -0.25) is 9.59 Å². The molecule has 1 aliphatic carbocycles. The van der Waals surface area contributed by atoms with Crippen LogP contribution in [0, 0.1) is 28.6 Å². The van der Waals surface area contributed by atoms with Crippen molar-refractivity contribution in [1.29, 1.82) is 10.5 Å². The summed E-state index contributed by atoms with van der Waals surface area (Å²) >= 11 is 0. The zero-order chi connectivity index (χ0) is 21.5. The lowest BCUT2D eigenvalue weighted by molar-refractivity contribution is -0.148. The third-order valence-corrected chi connectivity index (χ3v) is 4.85. The zero-order valence-corrected chi connectivity index (χ0v) is 16.6. The van der Waals surface area contributed by atoms with Crippen molar-refractivity contribution in [3.63, 3.8) is 0 Å². The summed E-state index contributed by atoms with van der Waals surface area (Å²) in [4.78, 5) is 25.6. The number of nitriles is 2. The lowest BCUT2D eigenvalue weighted by Gasteiger charge is -2.24. The molecule has 0 aromatic heterocycles. The molecule has 1 aliphatic rings. The van der Waals surface area contributed by atoms with Crippen LogP contribution in [0.25, 0.3) is 12.2 Å². The van der Waals surface area contributed by atoms with Crippen molar-refractivity contribution in [3.8, 4) is 12.1 Å². The Morgan fingerprint density at radius 2 is 1.50 bits per heavy atom. The molecule has 0 amide bonds. The van der Waals surface area contributed by atoms with Crippen LogP contribution in [-0.2, 0) is 14.3 Å². The van der Waals surface area contributed by atoms with Crippen LogP contribution in [0.3, 0.4) is 0 Å². The molecule has 2 aromatic carbocycles. The Kier molecular flexibility index (Phi) is 6.57. The van der Waals surface area contributed by atoms with Crippen LogP contribution < -0.4 is 0 Å². The second-order valence-electron chi connectivity index (χ2n) is 7.00. The van der Waals surface area contributed by atoms with Gasteiger partial charge in [0, 0.05) is 11.1 Å². The molecule has 1 unspecified atom stereocenters. The molecule has 0 aliphatic heterocycles. The Balaban J connectivity index is 2.01. The number of esters is 1. The molecular weight excluding hydrogens is 376 g/mol. The lowest BCUT2D eigenvalue weighted by Crippen LogP contribution is -2.27. The fraction of sp³-hybridized carbons (Fsp3) is 0.200. The van der Waals surface area contributed by atoms with Crippen molar-refractivity contribution in [2.75, 3.05) is 6.61 Å². The molecule has 5 nitrogen and oxygen atoms in total. The van der Waals surface area contributed by atoms with Crippen molar-refractivity contribution in [1.82, 2.24) is 0 Å². The molecule has 0 bridgehead atoms. The number of hydrogen-bond acceptors (Lipinski definition) is 5. The van der Waals surface area contributed by atoms with Gasteiger partial charge in [0.2, 0.25) is 0 Å². The maximum Gasteiger partial charge on any atom is 0.309 e. The standard InChI is InChI=1S/C25H20N2O3/c1-2-30-25(29)23-13-21(11-17-5-3-7-19(9-17)15-26)24(28)22(14-23)12-18-6-4-8-20(10-18)16-27/h3-12,23H,2,13-14H2,1H3/b21-11-,22-12+.